The molecule has 1 aromatic rings. The molecule has 5 heteroatoms. The van der Waals surface area contributed by atoms with Gasteiger partial charge in [0.2, 0.25) is 0 Å². The van der Waals surface area contributed by atoms with Crippen molar-refractivity contribution >= 4 is 18.2 Å². The van der Waals surface area contributed by atoms with Crippen LogP contribution in [0.3, 0.4) is 0 Å². The molecule has 4 nitrogen and oxygen atoms in total. The molecule has 0 radical (unpaired) electrons. The first-order chi connectivity index (χ1) is 13.1. The van der Waals surface area contributed by atoms with Crippen LogP contribution in [0.1, 0.15) is 56.6 Å². The van der Waals surface area contributed by atoms with Crippen LogP contribution in [-0.2, 0) is 16.6 Å². The van der Waals surface area contributed by atoms with Gasteiger partial charge in [0.05, 0.1) is 0 Å². The summed E-state index contributed by atoms with van der Waals surface area (Å²) in [6, 6.07) is 4.39. The highest BCUT2D eigenvalue weighted by atomic mass is 35.5. The van der Waals surface area contributed by atoms with Gasteiger partial charge in [0.25, 0.3) is 0 Å². The van der Waals surface area contributed by atoms with Gasteiger partial charge in [-0.15, -0.1) is 12.4 Å². The molecule has 5 atom stereocenters. The van der Waals surface area contributed by atoms with Crippen molar-refractivity contribution in [2.75, 3.05) is 13.1 Å². The Morgan fingerprint density at radius 3 is 2.82 bits per heavy atom. The van der Waals surface area contributed by atoms with Crippen molar-refractivity contribution in [2.45, 2.75) is 69.4 Å². The first kappa shape index (κ1) is 18.7. The maximum Gasteiger partial charge on any atom is 0.174 e. The number of rotatable bonds is 3. The number of benzene rings is 1. The molecule has 1 aromatic carbocycles. The number of phenolic OH excluding ortho intramolecular Hbond substituents is 1. The Bertz CT molecular complexity index is 822. The van der Waals surface area contributed by atoms with Crippen molar-refractivity contribution in [3.8, 4) is 11.5 Å². The molecule has 0 amide bonds. The average Bonchev–Trinajstić information content (AvgIpc) is 2.98. The van der Waals surface area contributed by atoms with E-state index >= 15 is 0 Å². The van der Waals surface area contributed by atoms with E-state index in [0.29, 0.717) is 30.0 Å². The smallest absolute Gasteiger partial charge is 0.174 e. The second-order valence-corrected chi connectivity index (χ2v) is 9.66. The molecule has 6 rings (SSSR count). The Morgan fingerprint density at radius 2 is 2.11 bits per heavy atom. The Hall–Kier alpha value is -1.26. The summed E-state index contributed by atoms with van der Waals surface area (Å²) < 4.78 is 6.25. The molecule has 3 aliphatic carbocycles. The molecule has 0 aromatic heterocycles. The van der Waals surface area contributed by atoms with E-state index in [4.69, 9.17) is 4.74 Å². The highest BCUT2D eigenvalue weighted by molar-refractivity contribution is 5.89. The molecule has 2 unspecified atom stereocenters. The van der Waals surface area contributed by atoms with Gasteiger partial charge in [-0.25, -0.2) is 0 Å². The number of aromatic hydroxyl groups is 1. The Morgan fingerprint density at radius 1 is 1.29 bits per heavy atom. The van der Waals surface area contributed by atoms with Crippen LogP contribution in [-0.4, -0.2) is 41.0 Å². The number of piperidine rings is 1. The molecule has 1 saturated heterocycles. The van der Waals surface area contributed by atoms with Crippen LogP contribution in [0.15, 0.2) is 12.1 Å². The summed E-state index contributed by atoms with van der Waals surface area (Å²) in [5.74, 6) is 2.89. The van der Waals surface area contributed by atoms with E-state index in [1.54, 1.807) is 6.07 Å². The van der Waals surface area contributed by atoms with Crippen LogP contribution in [0.5, 0.6) is 11.5 Å². The number of hydrogen-bond donors (Lipinski definition) is 1. The van der Waals surface area contributed by atoms with E-state index in [-0.39, 0.29) is 35.5 Å². The molecular weight excluding hydrogens is 374 g/mol. The van der Waals surface area contributed by atoms with Gasteiger partial charge in [-0.3, -0.25) is 9.69 Å². The lowest BCUT2D eigenvalue weighted by Crippen LogP contribution is -2.68. The number of likely N-dealkylation sites (tertiary alicyclic amines) is 1. The van der Waals surface area contributed by atoms with Crippen molar-refractivity contribution in [1.29, 1.82) is 0 Å². The van der Waals surface area contributed by atoms with Gasteiger partial charge in [-0.05, 0) is 61.6 Å². The topological polar surface area (TPSA) is 49.8 Å². The first-order valence-corrected chi connectivity index (χ1v) is 10.9. The van der Waals surface area contributed by atoms with Gasteiger partial charge in [-0.2, -0.15) is 0 Å². The third-order valence-electron chi connectivity index (χ3n) is 8.62. The fraction of sp³-hybridized carbons (Fsp3) is 0.696. The van der Waals surface area contributed by atoms with Crippen LogP contribution in [0, 0.1) is 17.8 Å². The van der Waals surface area contributed by atoms with E-state index in [9.17, 15) is 9.90 Å². The fourth-order valence-corrected chi connectivity index (χ4v) is 7.29. The third-order valence-corrected chi connectivity index (χ3v) is 8.62. The van der Waals surface area contributed by atoms with Gasteiger partial charge in [0.1, 0.15) is 0 Å². The third kappa shape index (κ3) is 2.19. The summed E-state index contributed by atoms with van der Waals surface area (Å²) in [6.45, 7) is 4.54. The van der Waals surface area contributed by atoms with Crippen LogP contribution < -0.4 is 4.74 Å². The van der Waals surface area contributed by atoms with E-state index in [1.807, 2.05) is 0 Å². The van der Waals surface area contributed by atoms with Crippen LogP contribution >= 0.6 is 12.4 Å². The number of phenols is 1. The van der Waals surface area contributed by atoms with Crippen LogP contribution in [0.4, 0.5) is 0 Å². The molecular formula is C23H30ClNO3. The van der Waals surface area contributed by atoms with E-state index < -0.39 is 0 Å². The highest BCUT2D eigenvalue weighted by Crippen LogP contribution is 2.64. The van der Waals surface area contributed by atoms with Gasteiger partial charge in [0, 0.05) is 30.0 Å². The maximum absolute atomic E-state index is 13.1. The first-order valence-electron chi connectivity index (χ1n) is 10.9. The number of Topliss-reactive ketones (excluding diaryl/α,β-unsaturated/α-hetero) is 1. The number of ketones is 1. The number of carbonyl (C=O) groups excluding carboxylic acids is 1. The van der Waals surface area contributed by atoms with Crippen molar-refractivity contribution < 1.29 is 14.6 Å². The zero-order valence-corrected chi connectivity index (χ0v) is 17.3. The molecule has 1 spiro atoms. The minimum atomic E-state index is -0.374. The van der Waals surface area contributed by atoms with Crippen molar-refractivity contribution in [1.82, 2.24) is 4.90 Å². The number of carbonyl (C=O) groups is 1. The summed E-state index contributed by atoms with van der Waals surface area (Å²) in [5, 5.41) is 10.5. The molecule has 28 heavy (non-hydrogen) atoms. The quantitative estimate of drug-likeness (QED) is 0.832. The van der Waals surface area contributed by atoms with Crippen LogP contribution in [0.2, 0.25) is 0 Å². The maximum atomic E-state index is 13.1. The molecule has 1 N–H and O–H groups in total. The lowest BCUT2D eigenvalue weighted by Gasteiger charge is -2.60. The Labute approximate surface area is 173 Å². The summed E-state index contributed by atoms with van der Waals surface area (Å²) in [6.07, 6.45) is 7.53. The Kier molecular flexibility index (Phi) is 4.26. The molecule has 2 bridgehead atoms. The fourth-order valence-electron chi connectivity index (χ4n) is 7.29. The minimum Gasteiger partial charge on any atom is -0.504 e. The van der Waals surface area contributed by atoms with Crippen molar-refractivity contribution in [3.63, 3.8) is 0 Å². The summed E-state index contributed by atoms with van der Waals surface area (Å²) in [5.41, 5.74) is 2.32. The van der Waals surface area contributed by atoms with Gasteiger partial charge < -0.3 is 9.84 Å². The highest BCUT2D eigenvalue weighted by Gasteiger charge is 2.67. The summed E-state index contributed by atoms with van der Waals surface area (Å²) in [4.78, 5) is 15.9. The summed E-state index contributed by atoms with van der Waals surface area (Å²) in [7, 11) is 0. The lowest BCUT2D eigenvalue weighted by molar-refractivity contribution is -0.145. The molecule has 2 saturated carbocycles. The second-order valence-electron chi connectivity index (χ2n) is 9.66. The predicted molar refractivity (Wildman–Crippen MR) is 109 cm³/mol. The van der Waals surface area contributed by atoms with Gasteiger partial charge >= 0.3 is 0 Å². The number of halogens is 1. The molecule has 2 heterocycles. The summed E-state index contributed by atoms with van der Waals surface area (Å²) >= 11 is 0. The van der Waals surface area contributed by atoms with Crippen LogP contribution in [0.25, 0.3) is 0 Å². The molecule has 152 valence electrons. The van der Waals surface area contributed by atoms with E-state index in [1.165, 1.54) is 36.9 Å². The minimum absolute atomic E-state index is 0. The monoisotopic (exact) mass is 403 g/mol. The van der Waals surface area contributed by atoms with Crippen molar-refractivity contribution in [2.24, 2.45) is 17.8 Å². The zero-order chi connectivity index (χ0) is 18.3. The second kappa shape index (κ2) is 6.37. The SMILES string of the molecule is CCC1CC(=O)C2Oc3c(O)ccc4c3[C@@]23CCN(CC2CCC2)[C@H](C4)[C@H]13.Cl. The molecule has 3 fully saturated rings. The van der Waals surface area contributed by atoms with Crippen molar-refractivity contribution in [3.05, 3.63) is 23.3 Å². The van der Waals surface area contributed by atoms with E-state index in [0.717, 1.165) is 31.7 Å². The van der Waals surface area contributed by atoms with Gasteiger partial charge in [0.15, 0.2) is 23.4 Å². The standard InChI is InChI=1S/C23H29NO3.ClH/c1-2-14-11-18(26)22-23-8-9-24(12-13-4-3-5-13)16(19(14)23)10-15-6-7-17(25)21(27-22)20(15)23;/h6-7,13-14,16,19,22,25H,2-5,8-12H2,1H3;1H/t14?,16-,19+,22?,23+;/m1./s1. The van der Waals surface area contributed by atoms with E-state index in [2.05, 4.69) is 17.9 Å². The predicted octanol–water partition coefficient (Wildman–Crippen LogP) is 3.86. The molecule has 5 aliphatic rings. The van der Waals surface area contributed by atoms with Gasteiger partial charge in [-0.1, -0.05) is 25.8 Å². The normalized spacial score (nSPS) is 38.2. The Balaban J connectivity index is 0.00000171. The number of ether oxygens (including phenoxy) is 1. The average molecular weight is 404 g/mol. The number of hydrogen-bond acceptors (Lipinski definition) is 4. The molecule has 2 aliphatic heterocycles. The number of nitrogens with zero attached hydrogens (tertiary/aromatic N) is 1. The zero-order valence-electron chi connectivity index (χ0n) is 16.5. The lowest BCUT2D eigenvalue weighted by atomic mass is 9.48. The largest absolute Gasteiger partial charge is 0.504 e.